The van der Waals surface area contributed by atoms with Gasteiger partial charge < -0.3 is 4.74 Å². The second kappa shape index (κ2) is 6.32. The van der Waals surface area contributed by atoms with E-state index in [-0.39, 0.29) is 11.8 Å². The molecule has 0 unspecified atom stereocenters. The van der Waals surface area contributed by atoms with Crippen molar-refractivity contribution in [2.45, 2.75) is 6.92 Å². The number of hydrogen-bond acceptors (Lipinski definition) is 3. The molecule has 2 amide bonds. The lowest BCUT2D eigenvalue weighted by Crippen LogP contribution is -2.29. The van der Waals surface area contributed by atoms with Crippen LogP contribution in [0.1, 0.15) is 26.3 Å². The molecular formula is C21H14ClNO3. The lowest BCUT2D eigenvalue weighted by atomic mass is 10.1. The number of amides is 2. The first-order chi connectivity index (χ1) is 12.5. The van der Waals surface area contributed by atoms with Gasteiger partial charge in [0.1, 0.15) is 11.5 Å². The molecule has 0 aromatic heterocycles. The summed E-state index contributed by atoms with van der Waals surface area (Å²) in [6, 6.07) is 19.2. The average molecular weight is 364 g/mol. The van der Waals surface area contributed by atoms with Gasteiger partial charge >= 0.3 is 0 Å². The lowest BCUT2D eigenvalue weighted by molar-refractivity contribution is 0.0926. The maximum Gasteiger partial charge on any atom is 0.266 e. The Morgan fingerprint density at radius 2 is 1.50 bits per heavy atom. The van der Waals surface area contributed by atoms with Crippen molar-refractivity contribution in [1.82, 2.24) is 0 Å². The summed E-state index contributed by atoms with van der Waals surface area (Å²) < 4.78 is 5.80. The van der Waals surface area contributed by atoms with Crippen molar-refractivity contribution < 1.29 is 14.3 Å². The van der Waals surface area contributed by atoms with Crippen LogP contribution in [0.15, 0.2) is 66.7 Å². The zero-order valence-corrected chi connectivity index (χ0v) is 14.7. The van der Waals surface area contributed by atoms with E-state index in [1.54, 1.807) is 42.5 Å². The fourth-order valence-electron chi connectivity index (χ4n) is 2.88. The van der Waals surface area contributed by atoms with E-state index in [0.717, 1.165) is 10.5 Å². The summed E-state index contributed by atoms with van der Waals surface area (Å²) >= 11 is 5.99. The molecular weight excluding hydrogens is 350 g/mol. The minimum Gasteiger partial charge on any atom is -0.457 e. The van der Waals surface area contributed by atoms with Gasteiger partial charge in [-0.3, -0.25) is 9.59 Å². The quantitative estimate of drug-likeness (QED) is 0.598. The molecule has 0 saturated heterocycles. The van der Waals surface area contributed by atoms with Crippen LogP contribution in [0.3, 0.4) is 0 Å². The van der Waals surface area contributed by atoms with Crippen LogP contribution in [0.5, 0.6) is 11.5 Å². The Morgan fingerprint density at radius 1 is 0.808 bits per heavy atom. The van der Waals surface area contributed by atoms with Gasteiger partial charge in [-0.05, 0) is 55.5 Å². The molecule has 1 heterocycles. The highest BCUT2D eigenvalue weighted by atomic mass is 35.5. The number of ether oxygens (including phenoxy) is 1. The number of nitrogens with zero attached hydrogens (tertiary/aromatic N) is 1. The number of halogens is 1. The fourth-order valence-corrected chi connectivity index (χ4v) is 3.06. The highest BCUT2D eigenvalue weighted by molar-refractivity contribution is 6.35. The number of carbonyl (C=O) groups is 2. The van der Waals surface area contributed by atoms with Gasteiger partial charge in [0.2, 0.25) is 0 Å². The van der Waals surface area contributed by atoms with Gasteiger partial charge in [-0.25, -0.2) is 4.90 Å². The normalized spacial score (nSPS) is 13.1. The monoisotopic (exact) mass is 363 g/mol. The van der Waals surface area contributed by atoms with E-state index in [2.05, 4.69) is 0 Å². The number of carbonyl (C=O) groups excluding carboxylic acids is 2. The van der Waals surface area contributed by atoms with Gasteiger partial charge in [0.25, 0.3) is 11.8 Å². The molecule has 0 radical (unpaired) electrons. The van der Waals surface area contributed by atoms with Gasteiger partial charge in [-0.15, -0.1) is 0 Å². The molecule has 3 aromatic rings. The van der Waals surface area contributed by atoms with Gasteiger partial charge in [0.15, 0.2) is 0 Å². The molecule has 0 spiro atoms. The number of benzene rings is 3. The predicted molar refractivity (Wildman–Crippen MR) is 100 cm³/mol. The van der Waals surface area contributed by atoms with E-state index in [1.165, 1.54) is 0 Å². The van der Waals surface area contributed by atoms with Gasteiger partial charge in [0, 0.05) is 5.02 Å². The maximum atomic E-state index is 12.8. The smallest absolute Gasteiger partial charge is 0.266 e. The van der Waals surface area contributed by atoms with E-state index in [9.17, 15) is 9.59 Å². The average Bonchev–Trinajstić information content (AvgIpc) is 2.87. The number of aryl methyl sites for hydroxylation is 1. The molecule has 26 heavy (non-hydrogen) atoms. The van der Waals surface area contributed by atoms with Crippen LogP contribution in [0.4, 0.5) is 5.69 Å². The van der Waals surface area contributed by atoms with Crippen molar-refractivity contribution in [3.63, 3.8) is 0 Å². The van der Waals surface area contributed by atoms with Crippen LogP contribution >= 0.6 is 11.6 Å². The van der Waals surface area contributed by atoms with Crippen molar-refractivity contribution in [3.8, 4) is 11.5 Å². The summed E-state index contributed by atoms with van der Waals surface area (Å²) in [6.07, 6.45) is 0. The maximum absolute atomic E-state index is 12.8. The Morgan fingerprint density at radius 3 is 2.23 bits per heavy atom. The molecule has 1 aliphatic rings. The van der Waals surface area contributed by atoms with Crippen LogP contribution in [0.2, 0.25) is 5.02 Å². The fraction of sp³-hybridized carbons (Fsp3) is 0.0476. The highest BCUT2D eigenvalue weighted by Crippen LogP contribution is 2.33. The Bertz CT molecular complexity index is 1030. The van der Waals surface area contributed by atoms with Crippen molar-refractivity contribution >= 4 is 29.1 Å². The third-order valence-electron chi connectivity index (χ3n) is 4.18. The Hall–Kier alpha value is -3.11. The van der Waals surface area contributed by atoms with E-state index >= 15 is 0 Å². The molecule has 0 atom stereocenters. The largest absolute Gasteiger partial charge is 0.457 e. The zero-order valence-electron chi connectivity index (χ0n) is 13.9. The van der Waals surface area contributed by atoms with Gasteiger partial charge in [-0.2, -0.15) is 0 Å². The first-order valence-corrected chi connectivity index (χ1v) is 8.44. The molecule has 4 rings (SSSR count). The van der Waals surface area contributed by atoms with Gasteiger partial charge in [-0.1, -0.05) is 35.4 Å². The standard InChI is InChI=1S/C21H14ClNO3/c1-13-5-7-16(8-6-13)26-17-9-10-18-19(12-17)21(25)23(20(18)24)15-4-2-3-14(22)11-15/h2-12H,1H3. The zero-order chi connectivity index (χ0) is 18.3. The molecule has 0 fully saturated rings. The molecule has 0 saturated carbocycles. The molecule has 4 nitrogen and oxygen atoms in total. The highest BCUT2D eigenvalue weighted by Gasteiger charge is 2.37. The van der Waals surface area contributed by atoms with Crippen molar-refractivity contribution in [2.75, 3.05) is 4.90 Å². The molecule has 0 aliphatic carbocycles. The van der Waals surface area contributed by atoms with E-state index < -0.39 is 0 Å². The minimum atomic E-state index is -0.387. The molecule has 128 valence electrons. The van der Waals surface area contributed by atoms with Crippen LogP contribution in [0.25, 0.3) is 0 Å². The Balaban J connectivity index is 1.67. The van der Waals surface area contributed by atoms with Crippen molar-refractivity contribution in [2.24, 2.45) is 0 Å². The van der Waals surface area contributed by atoms with Crippen LogP contribution < -0.4 is 9.64 Å². The number of rotatable bonds is 3. The summed E-state index contributed by atoms with van der Waals surface area (Å²) in [7, 11) is 0. The first-order valence-electron chi connectivity index (χ1n) is 8.06. The van der Waals surface area contributed by atoms with Crippen molar-refractivity contribution in [1.29, 1.82) is 0 Å². The summed E-state index contributed by atoms with van der Waals surface area (Å²) in [5.41, 5.74) is 2.25. The topological polar surface area (TPSA) is 46.6 Å². The number of fused-ring (bicyclic) bond motifs is 1. The summed E-state index contributed by atoms with van der Waals surface area (Å²) in [5.74, 6) is 0.413. The third-order valence-corrected chi connectivity index (χ3v) is 4.42. The van der Waals surface area contributed by atoms with Crippen LogP contribution in [-0.4, -0.2) is 11.8 Å². The van der Waals surface area contributed by atoms with E-state index in [4.69, 9.17) is 16.3 Å². The second-order valence-corrected chi connectivity index (χ2v) is 6.48. The van der Waals surface area contributed by atoms with Gasteiger partial charge in [0.05, 0.1) is 16.8 Å². The third kappa shape index (κ3) is 2.85. The van der Waals surface area contributed by atoms with E-state index in [1.807, 2.05) is 31.2 Å². The molecule has 5 heteroatoms. The predicted octanol–water partition coefficient (Wildman–Crippen LogP) is 5.24. The first kappa shape index (κ1) is 16.4. The lowest BCUT2D eigenvalue weighted by Gasteiger charge is -2.13. The van der Waals surface area contributed by atoms with E-state index in [0.29, 0.717) is 33.3 Å². The molecule has 0 bridgehead atoms. The molecule has 1 aliphatic heterocycles. The summed E-state index contributed by atoms with van der Waals surface area (Å²) in [5, 5.41) is 0.461. The number of hydrogen-bond donors (Lipinski definition) is 0. The minimum absolute atomic E-state index is 0.319. The molecule has 3 aromatic carbocycles. The summed E-state index contributed by atoms with van der Waals surface area (Å²) in [6.45, 7) is 1.99. The van der Waals surface area contributed by atoms with Crippen molar-refractivity contribution in [3.05, 3.63) is 88.4 Å². The molecule has 0 N–H and O–H groups in total. The second-order valence-electron chi connectivity index (χ2n) is 6.05. The van der Waals surface area contributed by atoms with Crippen LogP contribution in [0, 0.1) is 6.92 Å². The van der Waals surface area contributed by atoms with Crippen LogP contribution in [-0.2, 0) is 0 Å². The number of imide groups is 1. The number of anilines is 1. The SMILES string of the molecule is Cc1ccc(Oc2ccc3c(c2)C(=O)N(c2cccc(Cl)c2)C3=O)cc1. The Labute approximate surface area is 155 Å². The Kier molecular flexibility index (Phi) is 3.98. The summed E-state index contributed by atoms with van der Waals surface area (Å²) in [4.78, 5) is 26.6.